The molecule has 0 aromatic rings. The molecule has 0 radical (unpaired) electrons. The van der Waals surface area contributed by atoms with Gasteiger partial charge in [-0.1, -0.05) is 19.9 Å². The SMILES string of the molecule is C=COCC1(CC)CCCCS1(=O)=O. The van der Waals surface area contributed by atoms with Crippen molar-refractivity contribution in [3.8, 4) is 0 Å². The van der Waals surface area contributed by atoms with Gasteiger partial charge in [-0.25, -0.2) is 8.42 Å². The van der Waals surface area contributed by atoms with Crippen LogP contribution >= 0.6 is 0 Å². The van der Waals surface area contributed by atoms with Gasteiger partial charge in [0.1, 0.15) is 11.4 Å². The summed E-state index contributed by atoms with van der Waals surface area (Å²) < 4.78 is 28.3. The molecule has 1 fully saturated rings. The fourth-order valence-corrected chi connectivity index (χ4v) is 4.14. The molecule has 1 heterocycles. The minimum Gasteiger partial charge on any atom is -0.500 e. The smallest absolute Gasteiger partial charge is 0.159 e. The second-order valence-corrected chi connectivity index (χ2v) is 6.29. The predicted molar refractivity (Wildman–Crippen MR) is 56.8 cm³/mol. The van der Waals surface area contributed by atoms with Gasteiger partial charge in [0.05, 0.1) is 12.0 Å². The average Bonchev–Trinajstić information content (AvgIpc) is 2.16. The highest BCUT2D eigenvalue weighted by Gasteiger charge is 2.44. The van der Waals surface area contributed by atoms with Gasteiger partial charge in [-0.3, -0.25) is 0 Å². The molecule has 1 rings (SSSR count). The van der Waals surface area contributed by atoms with E-state index in [4.69, 9.17) is 4.74 Å². The van der Waals surface area contributed by atoms with E-state index in [-0.39, 0.29) is 6.61 Å². The molecule has 4 heteroatoms. The van der Waals surface area contributed by atoms with E-state index in [1.165, 1.54) is 6.26 Å². The standard InChI is InChI=1S/C10H18O3S/c1-3-10(9-13-4-2)7-5-6-8-14(10,11)12/h4H,2-3,5-9H2,1H3. The van der Waals surface area contributed by atoms with Gasteiger partial charge in [0, 0.05) is 0 Å². The lowest BCUT2D eigenvalue weighted by atomic mass is 9.98. The van der Waals surface area contributed by atoms with Crippen molar-refractivity contribution in [3.05, 3.63) is 12.8 Å². The van der Waals surface area contributed by atoms with Crippen LogP contribution in [0.5, 0.6) is 0 Å². The van der Waals surface area contributed by atoms with Crippen LogP contribution in [-0.4, -0.2) is 25.5 Å². The molecule has 0 amide bonds. The molecule has 82 valence electrons. The molecule has 0 aromatic heterocycles. The van der Waals surface area contributed by atoms with Gasteiger partial charge in [-0.2, -0.15) is 0 Å². The van der Waals surface area contributed by atoms with Crippen LogP contribution in [0.2, 0.25) is 0 Å². The maximum atomic E-state index is 11.9. The maximum Gasteiger partial charge on any atom is 0.159 e. The van der Waals surface area contributed by atoms with E-state index in [0.717, 1.165) is 19.3 Å². The minimum atomic E-state index is -2.98. The fraction of sp³-hybridized carbons (Fsp3) is 0.800. The van der Waals surface area contributed by atoms with Crippen molar-refractivity contribution in [3.63, 3.8) is 0 Å². The third-order valence-electron chi connectivity index (χ3n) is 3.06. The Morgan fingerprint density at radius 1 is 1.50 bits per heavy atom. The van der Waals surface area contributed by atoms with Crippen molar-refractivity contribution in [2.24, 2.45) is 0 Å². The number of hydrogen-bond acceptors (Lipinski definition) is 3. The van der Waals surface area contributed by atoms with Gasteiger partial charge < -0.3 is 4.74 Å². The van der Waals surface area contributed by atoms with E-state index in [0.29, 0.717) is 12.2 Å². The lowest BCUT2D eigenvalue weighted by Crippen LogP contribution is -2.46. The molecule has 1 saturated heterocycles. The third kappa shape index (κ3) is 1.95. The van der Waals surface area contributed by atoms with Gasteiger partial charge in [0.25, 0.3) is 0 Å². The summed E-state index contributed by atoms with van der Waals surface area (Å²) in [6, 6.07) is 0. The average molecular weight is 218 g/mol. The summed E-state index contributed by atoms with van der Waals surface area (Å²) in [5, 5.41) is 0. The molecule has 1 unspecified atom stereocenters. The van der Waals surface area contributed by atoms with E-state index < -0.39 is 14.6 Å². The van der Waals surface area contributed by atoms with Crippen LogP contribution in [0.4, 0.5) is 0 Å². The van der Waals surface area contributed by atoms with Gasteiger partial charge in [-0.15, -0.1) is 0 Å². The summed E-state index contributed by atoms with van der Waals surface area (Å²) in [4.78, 5) is 0. The van der Waals surface area contributed by atoms with Crippen LogP contribution in [0, 0.1) is 0 Å². The Balaban J connectivity index is 2.88. The zero-order valence-corrected chi connectivity index (χ0v) is 9.48. The Kier molecular flexibility index (Phi) is 3.59. The van der Waals surface area contributed by atoms with Gasteiger partial charge >= 0.3 is 0 Å². The third-order valence-corrected chi connectivity index (χ3v) is 5.82. The molecule has 0 saturated carbocycles. The van der Waals surface area contributed by atoms with Crippen LogP contribution in [0.15, 0.2) is 12.8 Å². The summed E-state index contributed by atoms with van der Waals surface area (Å²) in [6.45, 7) is 5.61. The van der Waals surface area contributed by atoms with Crippen LogP contribution in [0.1, 0.15) is 32.6 Å². The maximum absolute atomic E-state index is 11.9. The highest BCUT2D eigenvalue weighted by atomic mass is 32.2. The van der Waals surface area contributed by atoms with Gasteiger partial charge in [-0.05, 0) is 19.3 Å². The van der Waals surface area contributed by atoms with Crippen molar-refractivity contribution in [2.75, 3.05) is 12.4 Å². The number of rotatable bonds is 4. The first-order valence-corrected chi connectivity index (χ1v) is 6.68. The minimum absolute atomic E-state index is 0.259. The van der Waals surface area contributed by atoms with Crippen molar-refractivity contribution in [2.45, 2.75) is 37.4 Å². The molecule has 0 aliphatic carbocycles. The highest BCUT2D eigenvalue weighted by molar-refractivity contribution is 7.92. The van der Waals surface area contributed by atoms with Crippen LogP contribution < -0.4 is 0 Å². The molecule has 0 aromatic carbocycles. The van der Waals surface area contributed by atoms with E-state index >= 15 is 0 Å². The van der Waals surface area contributed by atoms with E-state index in [9.17, 15) is 8.42 Å². The normalized spacial score (nSPS) is 30.9. The Labute approximate surface area is 86.1 Å². The summed E-state index contributed by atoms with van der Waals surface area (Å²) in [6.07, 6.45) is 4.44. The van der Waals surface area contributed by atoms with Crippen molar-refractivity contribution >= 4 is 9.84 Å². The summed E-state index contributed by atoms with van der Waals surface area (Å²) >= 11 is 0. The second kappa shape index (κ2) is 4.34. The summed E-state index contributed by atoms with van der Waals surface area (Å²) in [5.74, 6) is 0.307. The van der Waals surface area contributed by atoms with Crippen molar-refractivity contribution in [1.29, 1.82) is 0 Å². The monoisotopic (exact) mass is 218 g/mol. The Bertz CT molecular complexity index is 294. The lowest BCUT2D eigenvalue weighted by Gasteiger charge is -2.35. The lowest BCUT2D eigenvalue weighted by molar-refractivity contribution is 0.193. The zero-order valence-electron chi connectivity index (χ0n) is 8.66. The zero-order chi connectivity index (χ0) is 10.7. The van der Waals surface area contributed by atoms with E-state index in [1.807, 2.05) is 6.92 Å². The molecule has 1 aliphatic heterocycles. The first-order chi connectivity index (χ1) is 6.58. The van der Waals surface area contributed by atoms with Gasteiger partial charge in [0.15, 0.2) is 9.84 Å². The molecular weight excluding hydrogens is 200 g/mol. The molecular formula is C10H18O3S. The topological polar surface area (TPSA) is 43.4 Å². The van der Waals surface area contributed by atoms with E-state index in [1.54, 1.807) is 0 Å². The highest BCUT2D eigenvalue weighted by Crippen LogP contribution is 2.34. The molecule has 0 N–H and O–H groups in total. The van der Waals surface area contributed by atoms with Gasteiger partial charge in [0.2, 0.25) is 0 Å². The van der Waals surface area contributed by atoms with Crippen LogP contribution in [-0.2, 0) is 14.6 Å². The first-order valence-electron chi connectivity index (χ1n) is 5.03. The van der Waals surface area contributed by atoms with Crippen molar-refractivity contribution < 1.29 is 13.2 Å². The second-order valence-electron chi connectivity index (χ2n) is 3.79. The number of ether oxygens (including phenoxy) is 1. The predicted octanol–water partition coefficient (Wildman–Crippen LogP) is 1.89. The van der Waals surface area contributed by atoms with E-state index in [2.05, 4.69) is 6.58 Å². The van der Waals surface area contributed by atoms with Crippen LogP contribution in [0.3, 0.4) is 0 Å². The fourth-order valence-electron chi connectivity index (χ4n) is 1.98. The molecule has 1 atom stereocenters. The largest absolute Gasteiger partial charge is 0.500 e. The number of sulfone groups is 1. The molecule has 0 bridgehead atoms. The Morgan fingerprint density at radius 3 is 2.71 bits per heavy atom. The first kappa shape index (κ1) is 11.6. The quantitative estimate of drug-likeness (QED) is 0.677. The number of hydrogen-bond donors (Lipinski definition) is 0. The Hall–Kier alpha value is -0.510. The molecule has 1 aliphatic rings. The van der Waals surface area contributed by atoms with Crippen LogP contribution in [0.25, 0.3) is 0 Å². The summed E-state index contributed by atoms with van der Waals surface area (Å²) in [7, 11) is -2.98. The molecule has 0 spiro atoms. The summed E-state index contributed by atoms with van der Waals surface area (Å²) in [5.41, 5.74) is 0. The molecule has 14 heavy (non-hydrogen) atoms. The van der Waals surface area contributed by atoms with Crippen molar-refractivity contribution in [1.82, 2.24) is 0 Å². The molecule has 3 nitrogen and oxygen atoms in total. The Morgan fingerprint density at radius 2 is 2.21 bits per heavy atom.